The van der Waals surface area contributed by atoms with Crippen molar-refractivity contribution in [2.45, 2.75) is 13.8 Å². The maximum Gasteiger partial charge on any atom is 0.249 e. The molecule has 6 nitrogen and oxygen atoms in total. The first-order valence-electron chi connectivity index (χ1n) is 6.37. The summed E-state index contributed by atoms with van der Waals surface area (Å²) in [6.45, 7) is 3.45. The number of nitrogens with one attached hydrogen (secondary N) is 1. The Morgan fingerprint density at radius 1 is 1.33 bits per heavy atom. The summed E-state index contributed by atoms with van der Waals surface area (Å²) in [4.78, 5) is 0. The molecule has 1 unspecified atom stereocenters. The summed E-state index contributed by atoms with van der Waals surface area (Å²) in [7, 11) is -3.49. The summed E-state index contributed by atoms with van der Waals surface area (Å²) in [5.74, 6) is 0.788. The minimum Gasteiger partial charge on any atom is -0.421 e. The SMILES string of the molecule is Cc1nnc(-c2ccccc2NS(=O)(=O)CC(C)CCl)o1. The van der Waals surface area contributed by atoms with Crippen LogP contribution in [0.15, 0.2) is 28.7 Å². The number of hydrogen-bond acceptors (Lipinski definition) is 5. The Kier molecular flexibility index (Phi) is 4.84. The van der Waals surface area contributed by atoms with Gasteiger partial charge in [-0.15, -0.1) is 21.8 Å². The number of halogens is 1. The average Bonchev–Trinajstić information content (AvgIpc) is 2.84. The number of aromatic nitrogens is 2. The Labute approximate surface area is 128 Å². The Balaban J connectivity index is 2.29. The maximum absolute atomic E-state index is 12.1. The van der Waals surface area contributed by atoms with E-state index < -0.39 is 10.0 Å². The Hall–Kier alpha value is -1.60. The van der Waals surface area contributed by atoms with E-state index in [4.69, 9.17) is 16.0 Å². The number of aryl methyl sites for hydroxylation is 1. The molecule has 1 aromatic heterocycles. The molecule has 8 heteroatoms. The minimum atomic E-state index is -3.49. The molecule has 1 heterocycles. The predicted molar refractivity (Wildman–Crippen MR) is 81.8 cm³/mol. The number of nitrogens with zero attached hydrogens (tertiary/aromatic N) is 2. The molecule has 0 saturated heterocycles. The molecule has 0 amide bonds. The number of alkyl halides is 1. The molecule has 0 fully saturated rings. The van der Waals surface area contributed by atoms with E-state index in [0.29, 0.717) is 17.1 Å². The molecule has 1 atom stereocenters. The van der Waals surface area contributed by atoms with Gasteiger partial charge in [0.15, 0.2) is 0 Å². The molecule has 2 rings (SSSR count). The maximum atomic E-state index is 12.1. The standard InChI is InChI=1S/C13H16ClN3O3S/c1-9(7-14)8-21(18,19)17-12-6-4-3-5-11(12)13-16-15-10(2)20-13/h3-6,9,17H,7-8H2,1-2H3. The van der Waals surface area contributed by atoms with Gasteiger partial charge in [-0.05, 0) is 18.1 Å². The van der Waals surface area contributed by atoms with Crippen molar-refractivity contribution in [3.63, 3.8) is 0 Å². The molecule has 1 aromatic carbocycles. The molecule has 0 bridgehead atoms. The van der Waals surface area contributed by atoms with Gasteiger partial charge in [-0.2, -0.15) is 0 Å². The van der Waals surface area contributed by atoms with Gasteiger partial charge in [-0.1, -0.05) is 19.1 Å². The number of sulfonamides is 1. The van der Waals surface area contributed by atoms with Crippen LogP contribution in [0.1, 0.15) is 12.8 Å². The first-order valence-corrected chi connectivity index (χ1v) is 8.56. The zero-order chi connectivity index (χ0) is 15.5. The number of benzene rings is 1. The zero-order valence-corrected chi connectivity index (χ0v) is 13.3. The summed E-state index contributed by atoms with van der Waals surface area (Å²) in [6.07, 6.45) is 0. The van der Waals surface area contributed by atoms with Gasteiger partial charge in [-0.25, -0.2) is 8.42 Å². The molecule has 0 aliphatic heterocycles. The van der Waals surface area contributed by atoms with Gasteiger partial charge in [0, 0.05) is 12.8 Å². The van der Waals surface area contributed by atoms with E-state index in [1.54, 1.807) is 38.1 Å². The van der Waals surface area contributed by atoms with E-state index in [0.717, 1.165) is 0 Å². The van der Waals surface area contributed by atoms with E-state index >= 15 is 0 Å². The van der Waals surface area contributed by atoms with Crippen LogP contribution in [0.2, 0.25) is 0 Å². The highest BCUT2D eigenvalue weighted by Gasteiger charge is 2.18. The normalized spacial score (nSPS) is 13.1. The van der Waals surface area contributed by atoms with E-state index in [9.17, 15) is 8.42 Å². The van der Waals surface area contributed by atoms with Crippen molar-refractivity contribution in [2.24, 2.45) is 5.92 Å². The highest BCUT2D eigenvalue weighted by molar-refractivity contribution is 7.92. The number of rotatable bonds is 6. The van der Waals surface area contributed by atoms with Crippen molar-refractivity contribution >= 4 is 27.3 Å². The van der Waals surface area contributed by atoms with Gasteiger partial charge in [0.05, 0.1) is 17.0 Å². The fourth-order valence-electron chi connectivity index (χ4n) is 1.79. The smallest absolute Gasteiger partial charge is 0.249 e. The Morgan fingerprint density at radius 3 is 2.67 bits per heavy atom. The molecule has 2 aromatic rings. The highest BCUT2D eigenvalue weighted by atomic mass is 35.5. The second-order valence-corrected chi connectivity index (χ2v) is 6.89. The van der Waals surface area contributed by atoms with Crippen LogP contribution < -0.4 is 4.72 Å². The molecule has 21 heavy (non-hydrogen) atoms. The van der Waals surface area contributed by atoms with Crippen LogP contribution >= 0.6 is 11.6 Å². The van der Waals surface area contributed by atoms with Crippen LogP contribution in [0.25, 0.3) is 11.5 Å². The van der Waals surface area contributed by atoms with E-state index in [1.165, 1.54) is 0 Å². The molecule has 0 spiro atoms. The van der Waals surface area contributed by atoms with Crippen LogP contribution in [0.4, 0.5) is 5.69 Å². The van der Waals surface area contributed by atoms with Gasteiger partial charge in [-0.3, -0.25) is 4.72 Å². The third kappa shape index (κ3) is 4.18. The second-order valence-electron chi connectivity index (χ2n) is 4.81. The predicted octanol–water partition coefficient (Wildman–Crippen LogP) is 2.66. The summed E-state index contributed by atoms with van der Waals surface area (Å²) >= 11 is 5.67. The van der Waals surface area contributed by atoms with Crippen molar-refractivity contribution in [1.82, 2.24) is 10.2 Å². The lowest BCUT2D eigenvalue weighted by molar-refractivity contribution is 0.533. The van der Waals surface area contributed by atoms with E-state index in [2.05, 4.69) is 14.9 Å². The lowest BCUT2D eigenvalue weighted by Gasteiger charge is -2.12. The topological polar surface area (TPSA) is 85.1 Å². The van der Waals surface area contributed by atoms with Crippen molar-refractivity contribution in [3.8, 4) is 11.5 Å². The fraction of sp³-hybridized carbons (Fsp3) is 0.385. The van der Waals surface area contributed by atoms with Crippen molar-refractivity contribution in [1.29, 1.82) is 0 Å². The van der Waals surface area contributed by atoms with Crippen LogP contribution in [0, 0.1) is 12.8 Å². The van der Waals surface area contributed by atoms with Gasteiger partial charge < -0.3 is 4.42 Å². The van der Waals surface area contributed by atoms with E-state index in [-0.39, 0.29) is 23.4 Å². The van der Waals surface area contributed by atoms with Crippen molar-refractivity contribution in [3.05, 3.63) is 30.2 Å². The second kappa shape index (κ2) is 6.44. The fourth-order valence-corrected chi connectivity index (χ4v) is 3.49. The number of anilines is 1. The molecular weight excluding hydrogens is 314 g/mol. The van der Waals surface area contributed by atoms with Crippen LogP contribution in [-0.4, -0.2) is 30.2 Å². The lowest BCUT2D eigenvalue weighted by Crippen LogP contribution is -2.22. The van der Waals surface area contributed by atoms with Crippen molar-refractivity contribution in [2.75, 3.05) is 16.4 Å². The van der Waals surface area contributed by atoms with Gasteiger partial charge in [0.25, 0.3) is 0 Å². The average molecular weight is 330 g/mol. The summed E-state index contributed by atoms with van der Waals surface area (Å²) in [5, 5.41) is 7.66. The number of hydrogen-bond donors (Lipinski definition) is 1. The minimum absolute atomic E-state index is 0.0479. The van der Waals surface area contributed by atoms with Crippen molar-refractivity contribution < 1.29 is 12.8 Å². The molecular formula is C13H16ClN3O3S. The largest absolute Gasteiger partial charge is 0.421 e. The first-order chi connectivity index (χ1) is 9.91. The van der Waals surface area contributed by atoms with Gasteiger partial charge in [0.2, 0.25) is 21.8 Å². The number of para-hydroxylation sites is 1. The van der Waals surface area contributed by atoms with Gasteiger partial charge in [0.1, 0.15) is 0 Å². The monoisotopic (exact) mass is 329 g/mol. The quantitative estimate of drug-likeness (QED) is 0.823. The Bertz CT molecular complexity index is 715. The lowest BCUT2D eigenvalue weighted by atomic mass is 10.2. The molecule has 0 saturated carbocycles. The van der Waals surface area contributed by atoms with Crippen LogP contribution in [0.5, 0.6) is 0 Å². The summed E-state index contributed by atoms with van der Waals surface area (Å²) < 4.78 is 32.1. The molecule has 0 radical (unpaired) electrons. The molecule has 1 N–H and O–H groups in total. The molecule has 114 valence electrons. The zero-order valence-electron chi connectivity index (χ0n) is 11.7. The third-order valence-corrected chi connectivity index (χ3v) is 4.78. The van der Waals surface area contributed by atoms with Crippen LogP contribution in [-0.2, 0) is 10.0 Å². The summed E-state index contributed by atoms with van der Waals surface area (Å²) in [6, 6.07) is 6.87. The molecule has 0 aliphatic rings. The highest BCUT2D eigenvalue weighted by Crippen LogP contribution is 2.27. The molecule has 0 aliphatic carbocycles. The summed E-state index contributed by atoms with van der Waals surface area (Å²) in [5.41, 5.74) is 0.947. The Morgan fingerprint density at radius 2 is 2.05 bits per heavy atom. The van der Waals surface area contributed by atoms with Crippen LogP contribution in [0.3, 0.4) is 0 Å². The van der Waals surface area contributed by atoms with Gasteiger partial charge >= 0.3 is 0 Å². The first kappa shape index (κ1) is 15.8. The third-order valence-electron chi connectivity index (χ3n) is 2.72. The van der Waals surface area contributed by atoms with E-state index in [1.807, 2.05) is 0 Å².